The number of alkyl halides is 2. The van der Waals surface area contributed by atoms with Gasteiger partial charge in [0, 0.05) is 10.9 Å². The summed E-state index contributed by atoms with van der Waals surface area (Å²) < 4.78 is 52.2. The van der Waals surface area contributed by atoms with Crippen molar-refractivity contribution in [1.29, 1.82) is 0 Å². The van der Waals surface area contributed by atoms with Gasteiger partial charge in [0.25, 0.3) is 15.8 Å². The van der Waals surface area contributed by atoms with Crippen molar-refractivity contribution < 1.29 is 27.1 Å². The quantitative estimate of drug-likeness (QED) is 0.705. The molecule has 0 atom stereocenters. The monoisotopic (exact) mass is 386 g/mol. The van der Waals surface area contributed by atoms with Crippen LogP contribution in [0.5, 0.6) is 0 Å². The number of hydrogen-bond acceptors (Lipinski definition) is 5. The first-order chi connectivity index (χ1) is 11.8. The van der Waals surface area contributed by atoms with E-state index in [2.05, 4.69) is 4.72 Å². The van der Waals surface area contributed by atoms with Gasteiger partial charge in [0.1, 0.15) is 0 Å². The number of anilines is 1. The van der Waals surface area contributed by atoms with Crippen molar-refractivity contribution >= 4 is 33.4 Å². The van der Waals surface area contributed by atoms with Gasteiger partial charge in [-0.05, 0) is 42.7 Å². The molecule has 0 aliphatic heterocycles. The molecule has 2 rings (SSSR count). The highest BCUT2D eigenvalue weighted by atomic mass is 32.2. The third kappa shape index (κ3) is 5.71. The molecular weight excluding hydrogens is 372 g/mol. The number of aryl methyl sites for hydroxylation is 1. The van der Waals surface area contributed by atoms with E-state index in [9.17, 15) is 27.1 Å². The van der Waals surface area contributed by atoms with Crippen LogP contribution in [0.3, 0.4) is 0 Å². The number of sulfonamides is 1. The van der Waals surface area contributed by atoms with Crippen molar-refractivity contribution in [2.24, 2.45) is 0 Å². The zero-order valence-corrected chi connectivity index (χ0v) is 14.4. The second-order valence-electron chi connectivity index (χ2n) is 5.00. The van der Waals surface area contributed by atoms with Crippen molar-refractivity contribution in [2.75, 3.05) is 4.72 Å². The van der Waals surface area contributed by atoms with Crippen molar-refractivity contribution in [2.45, 2.75) is 28.4 Å². The van der Waals surface area contributed by atoms with Gasteiger partial charge in [-0.25, -0.2) is 8.42 Å². The van der Waals surface area contributed by atoms with Crippen molar-refractivity contribution in [3.63, 3.8) is 0 Å². The molecule has 5 nitrogen and oxygen atoms in total. The Bertz CT molecular complexity index is 839. The lowest BCUT2D eigenvalue weighted by Crippen LogP contribution is -2.22. The average molecular weight is 386 g/mol. The normalized spacial score (nSPS) is 11.5. The summed E-state index contributed by atoms with van der Waals surface area (Å²) >= 11 is 0.251. The van der Waals surface area contributed by atoms with Crippen LogP contribution in [0.4, 0.5) is 14.5 Å². The summed E-state index contributed by atoms with van der Waals surface area (Å²) in [7, 11) is -3.96. The maximum atomic E-state index is 12.6. The molecule has 25 heavy (non-hydrogen) atoms. The zero-order chi connectivity index (χ0) is 18.4. The third-order valence-electron chi connectivity index (χ3n) is 3.20. The van der Waals surface area contributed by atoms with E-state index >= 15 is 0 Å². The van der Waals surface area contributed by atoms with Crippen LogP contribution >= 0.6 is 11.8 Å². The molecule has 0 saturated carbocycles. The summed E-state index contributed by atoms with van der Waals surface area (Å²) in [6.07, 6.45) is 0.0620. The van der Waals surface area contributed by atoms with E-state index in [-0.39, 0.29) is 40.1 Å². The number of carboxylic acids is 1. The predicted octanol–water partition coefficient (Wildman–Crippen LogP) is 2.48. The van der Waals surface area contributed by atoms with E-state index in [1.165, 1.54) is 48.5 Å². The molecule has 1 N–H and O–H groups in total. The molecule has 134 valence electrons. The lowest BCUT2D eigenvalue weighted by molar-refractivity contribution is -0.305. The van der Waals surface area contributed by atoms with E-state index in [1.807, 2.05) is 0 Å². The second kappa shape index (κ2) is 8.30. The van der Waals surface area contributed by atoms with Gasteiger partial charge in [-0.3, -0.25) is 4.72 Å². The lowest BCUT2D eigenvalue weighted by Gasteiger charge is -2.12. The number of nitrogens with one attached hydrogen (secondary N) is 1. The topological polar surface area (TPSA) is 86.3 Å². The van der Waals surface area contributed by atoms with Crippen molar-refractivity contribution in [3.05, 3.63) is 54.1 Å². The van der Waals surface area contributed by atoms with Crippen LogP contribution in [0.15, 0.2) is 58.3 Å². The Hall–Kier alpha value is -2.13. The first-order valence-electron chi connectivity index (χ1n) is 7.13. The maximum Gasteiger partial charge on any atom is 0.288 e. The number of carbonyl (C=O) groups is 1. The molecule has 0 heterocycles. The van der Waals surface area contributed by atoms with Crippen LogP contribution in [-0.4, -0.2) is 20.1 Å². The fourth-order valence-electron chi connectivity index (χ4n) is 2.04. The molecule has 0 spiro atoms. The summed E-state index contributed by atoms with van der Waals surface area (Å²) in [4.78, 5) is 10.5. The number of benzene rings is 2. The SMILES string of the molecule is O=C([O-])CCc1ccc(S(=O)(=O)Nc2ccccc2SC(F)F)cc1. The Balaban J connectivity index is 2.18. The average Bonchev–Trinajstić information content (AvgIpc) is 2.54. The molecule has 0 aromatic heterocycles. The molecule has 2 aromatic rings. The minimum atomic E-state index is -3.96. The summed E-state index contributed by atoms with van der Waals surface area (Å²) in [6.45, 7) is 0. The summed E-state index contributed by atoms with van der Waals surface area (Å²) in [5.74, 6) is -3.86. The Kier molecular flexibility index (Phi) is 6.38. The Morgan fingerprint density at radius 2 is 1.76 bits per heavy atom. The predicted molar refractivity (Wildman–Crippen MR) is 88.9 cm³/mol. The minimum Gasteiger partial charge on any atom is -0.550 e. The number of para-hydroxylation sites is 1. The first-order valence-corrected chi connectivity index (χ1v) is 9.49. The highest BCUT2D eigenvalue weighted by Crippen LogP contribution is 2.32. The molecule has 0 fully saturated rings. The molecular formula is C16H14F2NO4S2-. The van der Waals surface area contributed by atoms with Crippen molar-refractivity contribution in [3.8, 4) is 0 Å². The summed E-state index contributed by atoms with van der Waals surface area (Å²) in [6, 6.07) is 11.5. The molecule has 0 saturated heterocycles. The fourth-order valence-corrected chi connectivity index (χ4v) is 3.77. The number of rotatable bonds is 8. The summed E-state index contributed by atoms with van der Waals surface area (Å²) in [5, 5.41) is 10.4. The van der Waals surface area contributed by atoms with Gasteiger partial charge in [-0.2, -0.15) is 8.78 Å². The molecule has 0 aliphatic rings. The molecule has 2 aromatic carbocycles. The largest absolute Gasteiger partial charge is 0.550 e. The third-order valence-corrected chi connectivity index (χ3v) is 5.37. The van der Waals surface area contributed by atoms with E-state index in [0.29, 0.717) is 5.56 Å². The van der Waals surface area contributed by atoms with Crippen LogP contribution in [0.1, 0.15) is 12.0 Å². The zero-order valence-electron chi connectivity index (χ0n) is 12.8. The van der Waals surface area contributed by atoms with Crippen LogP contribution in [-0.2, 0) is 21.2 Å². The molecule has 0 unspecified atom stereocenters. The van der Waals surface area contributed by atoms with Crippen LogP contribution in [0.25, 0.3) is 0 Å². The van der Waals surface area contributed by atoms with Crippen LogP contribution in [0.2, 0.25) is 0 Å². The molecule has 0 bridgehead atoms. The molecule has 0 aliphatic carbocycles. The molecule has 9 heteroatoms. The molecule has 0 amide bonds. The van der Waals surface area contributed by atoms with E-state index < -0.39 is 21.8 Å². The lowest BCUT2D eigenvalue weighted by atomic mass is 10.1. The van der Waals surface area contributed by atoms with Gasteiger partial charge in [-0.1, -0.05) is 36.0 Å². The highest BCUT2D eigenvalue weighted by Gasteiger charge is 2.17. The number of halogens is 2. The Morgan fingerprint density at radius 3 is 2.36 bits per heavy atom. The van der Waals surface area contributed by atoms with E-state index in [1.54, 1.807) is 0 Å². The van der Waals surface area contributed by atoms with Gasteiger partial charge >= 0.3 is 0 Å². The van der Waals surface area contributed by atoms with Gasteiger partial charge in [0.15, 0.2) is 0 Å². The van der Waals surface area contributed by atoms with Gasteiger partial charge in [-0.15, -0.1) is 0 Å². The standard InChI is InChI=1S/C16H15F2NO4S2/c17-16(18)24-14-4-2-1-3-13(14)19-25(22,23)12-8-5-11(6-9-12)7-10-15(20)21/h1-6,8-9,16,19H,7,10H2,(H,20,21)/p-1. The number of carbonyl (C=O) groups excluding carboxylic acids is 1. The fraction of sp³-hybridized carbons (Fsp3) is 0.188. The maximum absolute atomic E-state index is 12.6. The summed E-state index contributed by atoms with van der Waals surface area (Å²) in [5.41, 5.74) is 0.714. The number of hydrogen-bond donors (Lipinski definition) is 1. The van der Waals surface area contributed by atoms with Gasteiger partial charge in [0.05, 0.1) is 10.6 Å². The number of thioether (sulfide) groups is 1. The highest BCUT2D eigenvalue weighted by molar-refractivity contribution is 7.99. The molecule has 0 radical (unpaired) electrons. The van der Waals surface area contributed by atoms with E-state index in [4.69, 9.17) is 0 Å². The number of carboxylic acid groups (broad SMARTS) is 1. The smallest absolute Gasteiger partial charge is 0.288 e. The first kappa shape index (κ1) is 19.2. The van der Waals surface area contributed by atoms with E-state index in [0.717, 1.165) is 0 Å². The second-order valence-corrected chi connectivity index (χ2v) is 7.71. The Morgan fingerprint density at radius 1 is 1.12 bits per heavy atom. The van der Waals surface area contributed by atoms with Crippen LogP contribution < -0.4 is 9.83 Å². The van der Waals surface area contributed by atoms with Gasteiger partial charge in [0.2, 0.25) is 0 Å². The van der Waals surface area contributed by atoms with Crippen LogP contribution in [0, 0.1) is 0 Å². The van der Waals surface area contributed by atoms with Crippen molar-refractivity contribution in [1.82, 2.24) is 0 Å². The van der Waals surface area contributed by atoms with Gasteiger partial charge < -0.3 is 9.90 Å². The Labute approximate surface area is 148 Å². The minimum absolute atomic E-state index is 0.0541. The number of aliphatic carboxylic acids is 1.